The fourth-order valence-electron chi connectivity index (χ4n) is 1.37. The Kier molecular flexibility index (Phi) is 6.49. The van der Waals surface area contributed by atoms with Gasteiger partial charge in [0.05, 0.1) is 19.3 Å². The van der Waals surface area contributed by atoms with Gasteiger partial charge in [-0.3, -0.25) is 0 Å². The van der Waals surface area contributed by atoms with Crippen LogP contribution in [0.4, 0.5) is 0 Å². The molecule has 0 aliphatic carbocycles. The summed E-state index contributed by atoms with van der Waals surface area (Å²) < 4.78 is 7.10. The van der Waals surface area contributed by atoms with E-state index in [1.807, 2.05) is 18.4 Å². The molecule has 1 aromatic rings. The van der Waals surface area contributed by atoms with Gasteiger partial charge in [-0.15, -0.1) is 10.2 Å². The van der Waals surface area contributed by atoms with Gasteiger partial charge in [0.1, 0.15) is 5.82 Å². The minimum Gasteiger partial charge on any atom is -0.390 e. The number of hydrogen-bond donors (Lipinski definition) is 2. The first-order valence-corrected chi connectivity index (χ1v) is 6.72. The number of rotatable bonds is 8. The molecular weight excluding hydrogens is 240 g/mol. The molecule has 3 N–H and O–H groups in total. The van der Waals surface area contributed by atoms with Crippen LogP contribution in [0.1, 0.15) is 19.7 Å². The fraction of sp³-hybridized carbons (Fsp3) is 0.800. The molecule has 0 bridgehead atoms. The standard InChI is InChI=1S/C10H20N4O2S/c1-3-14-9(5-11)12-13-10(14)17-7-8(15)6-16-4-2/h8,15H,3-7,11H2,1-2H3. The van der Waals surface area contributed by atoms with Crippen molar-refractivity contribution in [3.8, 4) is 0 Å². The van der Waals surface area contributed by atoms with Crippen LogP contribution in [-0.4, -0.2) is 44.9 Å². The number of aliphatic hydroxyl groups excluding tert-OH is 1. The maximum absolute atomic E-state index is 9.64. The number of thioether (sulfide) groups is 1. The lowest BCUT2D eigenvalue weighted by molar-refractivity contribution is 0.0551. The molecule has 0 saturated carbocycles. The van der Waals surface area contributed by atoms with Gasteiger partial charge in [-0.25, -0.2) is 0 Å². The van der Waals surface area contributed by atoms with Gasteiger partial charge in [-0.05, 0) is 13.8 Å². The number of aliphatic hydroxyl groups is 1. The van der Waals surface area contributed by atoms with Gasteiger partial charge in [-0.1, -0.05) is 11.8 Å². The first-order chi connectivity index (χ1) is 8.22. The van der Waals surface area contributed by atoms with E-state index in [1.165, 1.54) is 11.8 Å². The van der Waals surface area contributed by atoms with Gasteiger partial charge >= 0.3 is 0 Å². The first-order valence-electron chi connectivity index (χ1n) is 5.73. The van der Waals surface area contributed by atoms with E-state index in [-0.39, 0.29) is 0 Å². The Morgan fingerprint density at radius 2 is 2.24 bits per heavy atom. The van der Waals surface area contributed by atoms with Gasteiger partial charge in [0, 0.05) is 18.9 Å². The van der Waals surface area contributed by atoms with Gasteiger partial charge < -0.3 is 20.1 Å². The van der Waals surface area contributed by atoms with Crippen molar-refractivity contribution in [1.82, 2.24) is 14.8 Å². The Hall–Kier alpha value is -0.630. The summed E-state index contributed by atoms with van der Waals surface area (Å²) in [6.45, 7) is 6.05. The van der Waals surface area contributed by atoms with Gasteiger partial charge in [0.15, 0.2) is 5.16 Å². The van der Waals surface area contributed by atoms with Crippen LogP contribution in [0, 0.1) is 0 Å². The molecule has 17 heavy (non-hydrogen) atoms. The van der Waals surface area contributed by atoms with Crippen molar-refractivity contribution in [2.45, 2.75) is 38.2 Å². The van der Waals surface area contributed by atoms with E-state index in [2.05, 4.69) is 10.2 Å². The molecule has 0 amide bonds. The Labute approximate surface area is 106 Å². The molecule has 0 aromatic carbocycles. The molecule has 0 aliphatic heterocycles. The Morgan fingerprint density at radius 3 is 2.82 bits per heavy atom. The molecule has 1 heterocycles. The Bertz CT molecular complexity index is 332. The van der Waals surface area contributed by atoms with Crippen molar-refractivity contribution < 1.29 is 9.84 Å². The molecule has 1 atom stereocenters. The van der Waals surface area contributed by atoms with Crippen LogP contribution in [0.25, 0.3) is 0 Å². The molecular formula is C10H20N4O2S. The predicted octanol–water partition coefficient (Wildman–Crippen LogP) is 0.246. The summed E-state index contributed by atoms with van der Waals surface area (Å²) in [7, 11) is 0. The molecule has 1 rings (SSSR count). The monoisotopic (exact) mass is 260 g/mol. The van der Waals surface area contributed by atoms with Crippen LogP contribution in [0.15, 0.2) is 5.16 Å². The second-order valence-electron chi connectivity index (χ2n) is 3.47. The highest BCUT2D eigenvalue weighted by Gasteiger charge is 2.12. The summed E-state index contributed by atoms with van der Waals surface area (Å²) in [6.07, 6.45) is -0.483. The van der Waals surface area contributed by atoms with Crippen molar-refractivity contribution in [2.24, 2.45) is 5.73 Å². The molecule has 0 fully saturated rings. The number of nitrogens with two attached hydrogens (primary N) is 1. The zero-order valence-electron chi connectivity index (χ0n) is 10.3. The number of nitrogens with zero attached hydrogens (tertiary/aromatic N) is 3. The van der Waals surface area contributed by atoms with Gasteiger partial charge in [0.25, 0.3) is 0 Å². The lowest BCUT2D eigenvalue weighted by Crippen LogP contribution is -2.18. The largest absolute Gasteiger partial charge is 0.390 e. The molecule has 1 aromatic heterocycles. The highest BCUT2D eigenvalue weighted by atomic mass is 32.2. The van der Waals surface area contributed by atoms with Gasteiger partial charge in [0.2, 0.25) is 0 Å². The summed E-state index contributed by atoms with van der Waals surface area (Å²) in [5.74, 6) is 1.32. The minimum absolute atomic E-state index is 0.355. The quantitative estimate of drug-likeness (QED) is 0.651. The third-order valence-corrected chi connectivity index (χ3v) is 3.32. The van der Waals surface area contributed by atoms with E-state index in [0.29, 0.717) is 25.5 Å². The molecule has 0 saturated heterocycles. The minimum atomic E-state index is -0.483. The highest BCUT2D eigenvalue weighted by molar-refractivity contribution is 7.99. The topological polar surface area (TPSA) is 86.2 Å². The summed E-state index contributed by atoms with van der Waals surface area (Å²) in [4.78, 5) is 0. The number of aromatic nitrogens is 3. The lowest BCUT2D eigenvalue weighted by Gasteiger charge is -2.10. The average Bonchev–Trinajstić information content (AvgIpc) is 2.75. The SMILES string of the molecule is CCOCC(O)CSc1nnc(CN)n1CC. The number of hydrogen-bond acceptors (Lipinski definition) is 6. The molecule has 98 valence electrons. The lowest BCUT2D eigenvalue weighted by atomic mass is 10.4. The third-order valence-electron chi connectivity index (χ3n) is 2.21. The molecule has 7 heteroatoms. The van der Waals surface area contributed by atoms with Gasteiger partial charge in [-0.2, -0.15) is 0 Å². The van der Waals surface area contributed by atoms with Crippen molar-refractivity contribution in [2.75, 3.05) is 19.0 Å². The second-order valence-corrected chi connectivity index (χ2v) is 4.46. The summed E-state index contributed by atoms with van der Waals surface area (Å²) in [6, 6.07) is 0. The van der Waals surface area contributed by atoms with Crippen LogP contribution >= 0.6 is 11.8 Å². The summed E-state index contributed by atoms with van der Waals surface area (Å²) in [5.41, 5.74) is 5.56. The molecule has 0 radical (unpaired) electrons. The van der Waals surface area contributed by atoms with E-state index in [4.69, 9.17) is 10.5 Å². The van der Waals surface area contributed by atoms with E-state index in [1.54, 1.807) is 0 Å². The second kappa shape index (κ2) is 7.65. The Balaban J connectivity index is 2.48. The normalized spacial score (nSPS) is 12.9. The van der Waals surface area contributed by atoms with Crippen LogP contribution in [0.5, 0.6) is 0 Å². The summed E-state index contributed by atoms with van der Waals surface area (Å²) >= 11 is 1.47. The zero-order chi connectivity index (χ0) is 12.7. The van der Waals surface area contributed by atoms with Crippen molar-refractivity contribution in [3.05, 3.63) is 5.82 Å². The van der Waals surface area contributed by atoms with Crippen LogP contribution in [0.3, 0.4) is 0 Å². The van der Waals surface area contributed by atoms with E-state index < -0.39 is 6.10 Å². The third kappa shape index (κ3) is 4.27. The van der Waals surface area contributed by atoms with Crippen LogP contribution in [-0.2, 0) is 17.8 Å². The molecule has 1 unspecified atom stereocenters. The first kappa shape index (κ1) is 14.4. The van der Waals surface area contributed by atoms with Crippen molar-refractivity contribution in [1.29, 1.82) is 0 Å². The summed E-state index contributed by atoms with van der Waals surface area (Å²) in [5, 5.41) is 18.5. The Morgan fingerprint density at radius 1 is 1.47 bits per heavy atom. The smallest absolute Gasteiger partial charge is 0.191 e. The molecule has 6 nitrogen and oxygen atoms in total. The maximum atomic E-state index is 9.64. The van der Waals surface area contributed by atoms with E-state index >= 15 is 0 Å². The highest BCUT2D eigenvalue weighted by Crippen LogP contribution is 2.17. The number of ether oxygens (including phenoxy) is 1. The van der Waals surface area contributed by atoms with E-state index in [9.17, 15) is 5.11 Å². The zero-order valence-corrected chi connectivity index (χ0v) is 11.1. The van der Waals surface area contributed by atoms with Crippen LogP contribution < -0.4 is 5.73 Å². The maximum Gasteiger partial charge on any atom is 0.191 e. The van der Waals surface area contributed by atoms with E-state index in [0.717, 1.165) is 17.5 Å². The predicted molar refractivity (Wildman–Crippen MR) is 66.8 cm³/mol. The van der Waals surface area contributed by atoms with Crippen molar-refractivity contribution >= 4 is 11.8 Å². The molecule has 0 spiro atoms. The molecule has 0 aliphatic rings. The van der Waals surface area contributed by atoms with Crippen molar-refractivity contribution in [3.63, 3.8) is 0 Å². The average molecular weight is 260 g/mol. The fourth-order valence-corrected chi connectivity index (χ4v) is 2.29. The van der Waals surface area contributed by atoms with Crippen LogP contribution in [0.2, 0.25) is 0 Å².